The summed E-state index contributed by atoms with van der Waals surface area (Å²) >= 11 is 0. The maximum absolute atomic E-state index is 10.6. The number of nitrogens with zero attached hydrogens (tertiary/aromatic N) is 2. The number of hydrogen-bond acceptors (Lipinski definition) is 7. The monoisotopic (exact) mass is 418 g/mol. The Hall–Kier alpha value is -1.38. The van der Waals surface area contributed by atoms with Crippen LogP contribution in [0, 0.1) is 11.8 Å². The van der Waals surface area contributed by atoms with Crippen LogP contribution >= 0.6 is 0 Å². The summed E-state index contributed by atoms with van der Waals surface area (Å²) in [5.41, 5.74) is 1.13. The van der Waals surface area contributed by atoms with Crippen molar-refractivity contribution in [1.29, 1.82) is 0 Å². The molecule has 4 aliphatic rings. The summed E-state index contributed by atoms with van der Waals surface area (Å²) in [5, 5.41) is 12.6. The molecule has 1 N–H and O–H groups in total. The van der Waals surface area contributed by atoms with E-state index in [1.54, 1.807) is 7.11 Å². The number of methoxy groups -OCH3 is 1. The van der Waals surface area contributed by atoms with Crippen molar-refractivity contribution in [3.05, 3.63) is 23.8 Å². The molecule has 166 valence electrons. The van der Waals surface area contributed by atoms with Gasteiger partial charge in [0.25, 0.3) is 0 Å². The molecule has 4 fully saturated rings. The van der Waals surface area contributed by atoms with Crippen molar-refractivity contribution in [3.63, 3.8) is 0 Å². The lowest BCUT2D eigenvalue weighted by atomic mass is 9.82. The van der Waals surface area contributed by atoms with Crippen molar-refractivity contribution in [2.24, 2.45) is 11.8 Å². The van der Waals surface area contributed by atoms with Gasteiger partial charge < -0.3 is 19.3 Å². The summed E-state index contributed by atoms with van der Waals surface area (Å²) in [7, 11) is 1.65. The predicted octanol–water partition coefficient (Wildman–Crippen LogP) is 2.07. The number of aliphatic hydroxyl groups is 1. The summed E-state index contributed by atoms with van der Waals surface area (Å²) in [4.78, 5) is 8.07. The van der Waals surface area contributed by atoms with Crippen molar-refractivity contribution in [1.82, 2.24) is 9.96 Å². The number of fused-ring (bicyclic) bond motifs is 5. The van der Waals surface area contributed by atoms with E-state index in [1.165, 1.54) is 19.3 Å². The van der Waals surface area contributed by atoms with Crippen LogP contribution < -0.4 is 9.47 Å². The molecule has 4 saturated heterocycles. The molecule has 5 atom stereocenters. The minimum absolute atomic E-state index is 0.264. The Labute approximate surface area is 178 Å². The number of hydrogen-bond donors (Lipinski definition) is 1. The third-order valence-electron chi connectivity index (χ3n) is 7.09. The first kappa shape index (κ1) is 20.5. The van der Waals surface area contributed by atoms with E-state index in [1.807, 2.05) is 23.3 Å². The molecule has 4 heterocycles. The first-order valence-corrected chi connectivity index (χ1v) is 11.4. The number of β-amino-alcohol motifs (C(OH)–C–C–N with tert-alkyl or cyclic N) is 1. The van der Waals surface area contributed by atoms with Crippen LogP contribution in [0.15, 0.2) is 18.2 Å². The van der Waals surface area contributed by atoms with E-state index in [-0.39, 0.29) is 6.61 Å². The van der Waals surface area contributed by atoms with Crippen LogP contribution in [-0.4, -0.2) is 79.9 Å². The zero-order chi connectivity index (χ0) is 20.5. The van der Waals surface area contributed by atoms with Crippen LogP contribution in [-0.2, 0) is 16.1 Å². The molecule has 7 heteroatoms. The molecule has 30 heavy (non-hydrogen) atoms. The van der Waals surface area contributed by atoms with Crippen LogP contribution in [0.2, 0.25) is 0 Å². The molecule has 0 spiro atoms. The van der Waals surface area contributed by atoms with Gasteiger partial charge in [0.2, 0.25) is 0 Å². The van der Waals surface area contributed by atoms with Crippen LogP contribution in [0.5, 0.6) is 11.5 Å². The van der Waals surface area contributed by atoms with Crippen LogP contribution in [0.25, 0.3) is 0 Å². The highest BCUT2D eigenvalue weighted by Crippen LogP contribution is 2.47. The first-order valence-electron chi connectivity index (χ1n) is 11.4. The van der Waals surface area contributed by atoms with Gasteiger partial charge in [-0.3, -0.25) is 9.74 Å². The van der Waals surface area contributed by atoms with Crippen LogP contribution in [0.4, 0.5) is 0 Å². The third-order valence-corrected chi connectivity index (χ3v) is 7.09. The second-order valence-electron chi connectivity index (χ2n) is 9.19. The number of aliphatic hydroxyl groups excluding tert-OH is 1. The average Bonchev–Trinajstić information content (AvgIpc) is 3.47. The third kappa shape index (κ3) is 4.32. The topological polar surface area (TPSA) is 63.6 Å². The van der Waals surface area contributed by atoms with Crippen molar-refractivity contribution in [2.75, 3.05) is 46.5 Å². The Morgan fingerprint density at radius 2 is 1.93 bits per heavy atom. The molecule has 0 aromatic heterocycles. The van der Waals surface area contributed by atoms with Crippen molar-refractivity contribution in [2.45, 2.75) is 50.5 Å². The van der Waals surface area contributed by atoms with E-state index in [2.05, 4.69) is 4.90 Å². The standard InChI is InChI=1S/C23H34N2O5/c1-27-23-10-16(11-25-8-2-3-9-29-25)4-5-22(23)28-15-17(26)12-24-13-18-19(14-24)21-7-6-20(18)30-21/h4-5,10,17-21,26H,2-3,6-9,11-15H2,1H3/t17?,18-,19+,20+,21-. The second-order valence-corrected chi connectivity index (χ2v) is 9.19. The molecule has 1 aromatic carbocycles. The highest BCUT2D eigenvalue weighted by molar-refractivity contribution is 5.43. The number of hydroxylamine groups is 2. The number of likely N-dealkylation sites (tertiary alicyclic amines) is 1. The van der Waals surface area contributed by atoms with Crippen LogP contribution in [0.3, 0.4) is 0 Å². The Morgan fingerprint density at radius 1 is 1.13 bits per heavy atom. The van der Waals surface area contributed by atoms with E-state index in [0.717, 1.165) is 44.8 Å². The van der Waals surface area contributed by atoms with E-state index in [4.69, 9.17) is 19.0 Å². The van der Waals surface area contributed by atoms with Gasteiger partial charge in [-0.15, -0.1) is 0 Å². The highest BCUT2D eigenvalue weighted by Gasteiger charge is 2.52. The van der Waals surface area contributed by atoms with E-state index < -0.39 is 6.10 Å². The largest absolute Gasteiger partial charge is 0.493 e. The summed E-state index contributed by atoms with van der Waals surface area (Å²) in [6, 6.07) is 5.97. The lowest BCUT2D eigenvalue weighted by Gasteiger charge is -2.26. The normalized spacial score (nSPS) is 32.3. The Kier molecular flexibility index (Phi) is 6.16. The molecule has 1 unspecified atom stereocenters. The summed E-state index contributed by atoms with van der Waals surface area (Å²) in [6.07, 6.45) is 5.11. The molecule has 0 amide bonds. The molecule has 0 saturated carbocycles. The van der Waals surface area contributed by atoms with Gasteiger partial charge in [-0.25, -0.2) is 0 Å². The maximum Gasteiger partial charge on any atom is 0.161 e. The SMILES string of the molecule is COc1cc(CN2CCCCO2)ccc1OCC(O)CN1C[C@@H]2[C@H](C1)[C@H]1CC[C@@H]2O1. The lowest BCUT2D eigenvalue weighted by molar-refractivity contribution is -0.187. The lowest BCUT2D eigenvalue weighted by Crippen LogP contribution is -2.35. The minimum atomic E-state index is -0.520. The Bertz CT molecular complexity index is 708. The smallest absolute Gasteiger partial charge is 0.161 e. The van der Waals surface area contributed by atoms with E-state index in [0.29, 0.717) is 42.1 Å². The summed E-state index contributed by atoms with van der Waals surface area (Å²) in [6.45, 7) is 5.49. The summed E-state index contributed by atoms with van der Waals surface area (Å²) in [5.74, 6) is 2.69. The maximum atomic E-state index is 10.6. The Morgan fingerprint density at radius 3 is 2.63 bits per heavy atom. The fourth-order valence-electron chi connectivity index (χ4n) is 5.64. The van der Waals surface area contributed by atoms with Gasteiger partial charge in [0.15, 0.2) is 11.5 Å². The van der Waals surface area contributed by atoms with Crippen molar-refractivity contribution >= 4 is 0 Å². The fourth-order valence-corrected chi connectivity index (χ4v) is 5.64. The van der Waals surface area contributed by atoms with Gasteiger partial charge >= 0.3 is 0 Å². The molecule has 0 radical (unpaired) electrons. The molecule has 0 aliphatic carbocycles. The molecule has 1 aromatic rings. The molecular weight excluding hydrogens is 384 g/mol. The number of rotatable bonds is 8. The quantitative estimate of drug-likeness (QED) is 0.693. The van der Waals surface area contributed by atoms with Gasteiger partial charge in [-0.05, 0) is 43.4 Å². The van der Waals surface area contributed by atoms with Crippen molar-refractivity contribution in [3.8, 4) is 11.5 Å². The van der Waals surface area contributed by atoms with Gasteiger partial charge in [0.05, 0.1) is 25.9 Å². The van der Waals surface area contributed by atoms with Gasteiger partial charge in [0.1, 0.15) is 12.7 Å². The molecule has 2 bridgehead atoms. The molecular formula is C23H34N2O5. The minimum Gasteiger partial charge on any atom is -0.493 e. The number of ether oxygens (including phenoxy) is 3. The van der Waals surface area contributed by atoms with Crippen LogP contribution in [0.1, 0.15) is 31.2 Å². The van der Waals surface area contributed by atoms with E-state index >= 15 is 0 Å². The van der Waals surface area contributed by atoms with Gasteiger partial charge in [0, 0.05) is 44.6 Å². The predicted molar refractivity (Wildman–Crippen MR) is 111 cm³/mol. The number of benzene rings is 1. The molecule has 5 rings (SSSR count). The zero-order valence-corrected chi connectivity index (χ0v) is 17.9. The molecule has 7 nitrogen and oxygen atoms in total. The Balaban J connectivity index is 1.11. The van der Waals surface area contributed by atoms with Gasteiger partial charge in [-0.2, -0.15) is 5.06 Å². The second kappa shape index (κ2) is 9.01. The van der Waals surface area contributed by atoms with Crippen molar-refractivity contribution < 1.29 is 24.2 Å². The fraction of sp³-hybridized carbons (Fsp3) is 0.739. The van der Waals surface area contributed by atoms with E-state index in [9.17, 15) is 5.11 Å². The average molecular weight is 419 g/mol. The zero-order valence-electron chi connectivity index (χ0n) is 17.9. The highest BCUT2D eigenvalue weighted by atomic mass is 16.7. The first-order chi connectivity index (χ1) is 14.7. The van der Waals surface area contributed by atoms with Gasteiger partial charge in [-0.1, -0.05) is 6.07 Å². The molecule has 4 aliphatic heterocycles. The summed E-state index contributed by atoms with van der Waals surface area (Å²) < 4.78 is 17.5.